The Balaban J connectivity index is 1.57. The minimum atomic E-state index is -3.52. The van der Waals surface area contributed by atoms with Crippen molar-refractivity contribution in [2.75, 3.05) is 33.3 Å². The number of hydrogen-bond acceptors (Lipinski definition) is 4. The van der Waals surface area contributed by atoms with E-state index in [-0.39, 0.29) is 10.8 Å². The summed E-state index contributed by atoms with van der Waals surface area (Å²) >= 11 is 0. The number of carbonyl (C=O) groups is 1. The first-order valence-corrected chi connectivity index (χ1v) is 10.4. The van der Waals surface area contributed by atoms with Crippen LogP contribution < -0.4 is 4.74 Å². The van der Waals surface area contributed by atoms with Gasteiger partial charge in [0.2, 0.25) is 15.9 Å². The fourth-order valence-corrected chi connectivity index (χ4v) is 5.09. The SMILES string of the molecule is COc1ccc(S(=O)(=O)N2CCN(C(=O)CC3CCCC3)CC2)cc1. The van der Waals surface area contributed by atoms with Crippen LogP contribution in [0.5, 0.6) is 5.75 Å². The van der Waals surface area contributed by atoms with Crippen molar-refractivity contribution in [1.82, 2.24) is 9.21 Å². The molecule has 2 fully saturated rings. The van der Waals surface area contributed by atoms with Gasteiger partial charge < -0.3 is 9.64 Å². The van der Waals surface area contributed by atoms with Gasteiger partial charge in [0.15, 0.2) is 0 Å². The number of sulfonamides is 1. The summed E-state index contributed by atoms with van der Waals surface area (Å²) in [5.41, 5.74) is 0. The number of hydrogen-bond donors (Lipinski definition) is 0. The van der Waals surface area contributed by atoms with E-state index < -0.39 is 10.0 Å². The quantitative estimate of drug-likeness (QED) is 0.800. The Bertz CT molecular complexity index is 688. The van der Waals surface area contributed by atoms with E-state index in [1.807, 2.05) is 4.90 Å². The molecule has 0 aromatic heterocycles. The van der Waals surface area contributed by atoms with Gasteiger partial charge in [-0.05, 0) is 43.0 Å². The zero-order valence-electron chi connectivity index (χ0n) is 14.7. The third-order valence-corrected chi connectivity index (χ3v) is 7.14. The number of methoxy groups -OCH3 is 1. The van der Waals surface area contributed by atoms with Crippen LogP contribution in [0.2, 0.25) is 0 Å². The van der Waals surface area contributed by atoms with Gasteiger partial charge in [-0.15, -0.1) is 0 Å². The number of carbonyl (C=O) groups excluding carboxylic acids is 1. The van der Waals surface area contributed by atoms with Crippen molar-refractivity contribution < 1.29 is 17.9 Å². The van der Waals surface area contributed by atoms with E-state index in [1.165, 1.54) is 17.1 Å². The number of nitrogens with zero attached hydrogens (tertiary/aromatic N) is 2. The summed E-state index contributed by atoms with van der Waals surface area (Å²) in [6, 6.07) is 6.42. The Morgan fingerprint density at radius 1 is 1.08 bits per heavy atom. The van der Waals surface area contributed by atoms with Gasteiger partial charge in [0, 0.05) is 32.6 Å². The highest BCUT2D eigenvalue weighted by Gasteiger charge is 2.31. The van der Waals surface area contributed by atoms with Crippen LogP contribution in [0.25, 0.3) is 0 Å². The molecule has 0 atom stereocenters. The first kappa shape index (κ1) is 18.2. The van der Waals surface area contributed by atoms with Gasteiger partial charge in [-0.3, -0.25) is 4.79 Å². The molecule has 138 valence electrons. The topological polar surface area (TPSA) is 66.9 Å². The molecule has 0 N–H and O–H groups in total. The monoisotopic (exact) mass is 366 g/mol. The molecule has 1 aliphatic heterocycles. The normalized spacial score (nSPS) is 20.0. The first-order chi connectivity index (χ1) is 12.0. The van der Waals surface area contributed by atoms with Crippen molar-refractivity contribution in [2.45, 2.75) is 37.0 Å². The van der Waals surface area contributed by atoms with E-state index >= 15 is 0 Å². The summed E-state index contributed by atoms with van der Waals surface area (Å²) in [5.74, 6) is 1.32. The summed E-state index contributed by atoms with van der Waals surface area (Å²) in [6.45, 7) is 1.65. The molecule has 1 aromatic carbocycles. The maximum Gasteiger partial charge on any atom is 0.243 e. The molecule has 0 spiro atoms. The van der Waals surface area contributed by atoms with Crippen LogP contribution in [0.1, 0.15) is 32.1 Å². The Morgan fingerprint density at radius 2 is 1.68 bits per heavy atom. The molecule has 1 saturated heterocycles. The lowest BCUT2D eigenvalue weighted by Gasteiger charge is -2.34. The van der Waals surface area contributed by atoms with Gasteiger partial charge in [-0.2, -0.15) is 4.31 Å². The van der Waals surface area contributed by atoms with Crippen molar-refractivity contribution in [3.8, 4) is 5.75 Å². The summed E-state index contributed by atoms with van der Waals surface area (Å²) in [4.78, 5) is 14.5. The van der Waals surface area contributed by atoms with Gasteiger partial charge in [-0.25, -0.2) is 8.42 Å². The highest BCUT2D eigenvalue weighted by Crippen LogP contribution is 2.28. The van der Waals surface area contributed by atoms with Crippen LogP contribution in [-0.4, -0.2) is 56.8 Å². The Morgan fingerprint density at radius 3 is 2.24 bits per heavy atom. The van der Waals surface area contributed by atoms with E-state index in [1.54, 1.807) is 31.4 Å². The van der Waals surface area contributed by atoms with Crippen molar-refractivity contribution in [3.63, 3.8) is 0 Å². The second-order valence-electron chi connectivity index (χ2n) is 6.82. The van der Waals surface area contributed by atoms with Crippen LogP contribution >= 0.6 is 0 Å². The highest BCUT2D eigenvalue weighted by atomic mass is 32.2. The molecule has 25 heavy (non-hydrogen) atoms. The van der Waals surface area contributed by atoms with E-state index in [2.05, 4.69) is 0 Å². The average molecular weight is 366 g/mol. The third kappa shape index (κ3) is 4.15. The number of piperazine rings is 1. The molecule has 0 radical (unpaired) electrons. The van der Waals surface area contributed by atoms with E-state index in [4.69, 9.17) is 4.74 Å². The highest BCUT2D eigenvalue weighted by molar-refractivity contribution is 7.89. The van der Waals surface area contributed by atoms with E-state index in [9.17, 15) is 13.2 Å². The van der Waals surface area contributed by atoms with Crippen LogP contribution in [0, 0.1) is 5.92 Å². The molecule has 1 saturated carbocycles. The molecule has 1 aromatic rings. The third-order valence-electron chi connectivity index (χ3n) is 5.23. The summed E-state index contributed by atoms with van der Waals surface area (Å²) in [6.07, 6.45) is 5.37. The fourth-order valence-electron chi connectivity index (χ4n) is 3.67. The molecule has 1 aliphatic carbocycles. The van der Waals surface area contributed by atoms with E-state index in [0.29, 0.717) is 44.3 Å². The lowest BCUT2D eigenvalue weighted by Crippen LogP contribution is -2.50. The van der Waals surface area contributed by atoms with Crippen LogP contribution in [0.4, 0.5) is 0 Å². The molecular weight excluding hydrogens is 340 g/mol. The molecule has 3 rings (SSSR count). The molecule has 6 nitrogen and oxygen atoms in total. The smallest absolute Gasteiger partial charge is 0.243 e. The van der Waals surface area contributed by atoms with Crippen molar-refractivity contribution in [3.05, 3.63) is 24.3 Å². The fraction of sp³-hybridized carbons (Fsp3) is 0.611. The second-order valence-corrected chi connectivity index (χ2v) is 8.75. The van der Waals surface area contributed by atoms with Gasteiger partial charge in [0.1, 0.15) is 5.75 Å². The van der Waals surface area contributed by atoms with Gasteiger partial charge in [-0.1, -0.05) is 12.8 Å². The lowest BCUT2D eigenvalue weighted by atomic mass is 10.0. The summed E-state index contributed by atoms with van der Waals surface area (Å²) < 4.78 is 32.0. The Labute approximate surface area is 149 Å². The zero-order chi connectivity index (χ0) is 17.9. The molecule has 1 heterocycles. The van der Waals surface area contributed by atoms with Crippen LogP contribution in [0.3, 0.4) is 0 Å². The van der Waals surface area contributed by atoms with Crippen molar-refractivity contribution >= 4 is 15.9 Å². The molecule has 1 amide bonds. The number of rotatable bonds is 5. The minimum Gasteiger partial charge on any atom is -0.497 e. The summed E-state index contributed by atoms with van der Waals surface area (Å²) in [7, 11) is -1.97. The largest absolute Gasteiger partial charge is 0.497 e. The standard InChI is InChI=1S/C18H26N2O4S/c1-24-16-6-8-17(9-7-16)25(22,23)20-12-10-19(11-13-20)18(21)14-15-4-2-3-5-15/h6-9,15H,2-5,10-14H2,1H3. The number of benzene rings is 1. The van der Waals surface area contributed by atoms with Crippen LogP contribution in [-0.2, 0) is 14.8 Å². The number of ether oxygens (including phenoxy) is 1. The second kappa shape index (κ2) is 7.74. The lowest BCUT2D eigenvalue weighted by molar-refractivity contribution is -0.133. The number of amides is 1. The molecule has 7 heteroatoms. The minimum absolute atomic E-state index is 0.174. The maximum absolute atomic E-state index is 12.7. The Hall–Kier alpha value is -1.60. The molecule has 0 bridgehead atoms. The molecule has 2 aliphatic rings. The molecular formula is C18H26N2O4S. The summed E-state index contributed by atoms with van der Waals surface area (Å²) in [5, 5.41) is 0. The average Bonchev–Trinajstić information content (AvgIpc) is 3.15. The maximum atomic E-state index is 12.7. The van der Waals surface area contributed by atoms with E-state index in [0.717, 1.165) is 12.8 Å². The molecule has 0 unspecified atom stereocenters. The van der Waals surface area contributed by atoms with Crippen LogP contribution in [0.15, 0.2) is 29.2 Å². The van der Waals surface area contributed by atoms with Crippen molar-refractivity contribution in [1.29, 1.82) is 0 Å². The Kier molecular flexibility index (Phi) is 5.64. The zero-order valence-corrected chi connectivity index (χ0v) is 15.5. The van der Waals surface area contributed by atoms with Crippen molar-refractivity contribution in [2.24, 2.45) is 5.92 Å². The first-order valence-electron chi connectivity index (χ1n) is 8.92. The van der Waals surface area contributed by atoms with Gasteiger partial charge in [0.05, 0.1) is 12.0 Å². The predicted molar refractivity (Wildman–Crippen MR) is 94.9 cm³/mol. The van der Waals surface area contributed by atoms with Gasteiger partial charge >= 0.3 is 0 Å². The van der Waals surface area contributed by atoms with Gasteiger partial charge in [0.25, 0.3) is 0 Å². The predicted octanol–water partition coefficient (Wildman–Crippen LogP) is 2.11.